The van der Waals surface area contributed by atoms with E-state index in [-0.39, 0.29) is 5.00 Å². The lowest BCUT2D eigenvalue weighted by atomic mass is 10.0. The average Bonchev–Trinajstić information content (AvgIpc) is 2.65. The van der Waals surface area contributed by atoms with E-state index in [0.717, 1.165) is 16.2 Å². The van der Waals surface area contributed by atoms with E-state index in [1.807, 2.05) is 0 Å². The van der Waals surface area contributed by atoms with Crippen molar-refractivity contribution in [2.45, 2.75) is 25.9 Å². The van der Waals surface area contributed by atoms with E-state index in [1.165, 1.54) is 6.07 Å². The Morgan fingerprint density at radius 2 is 2.18 bits per heavy atom. The summed E-state index contributed by atoms with van der Waals surface area (Å²) in [5.74, 6) is -0.925. The lowest BCUT2D eigenvalue weighted by molar-refractivity contribution is -0.380. The van der Waals surface area contributed by atoms with E-state index >= 15 is 0 Å². The Hall–Kier alpha value is -1.47. The molecule has 0 aliphatic carbocycles. The molecule has 1 aromatic heterocycles. The quantitative estimate of drug-likeness (QED) is 0.644. The topological polar surface area (TPSA) is 83.7 Å². The molecule has 0 fully saturated rings. The summed E-state index contributed by atoms with van der Waals surface area (Å²) < 4.78 is 0. The van der Waals surface area contributed by atoms with E-state index < -0.39 is 16.4 Å². The molecule has 0 aliphatic heterocycles. The summed E-state index contributed by atoms with van der Waals surface area (Å²) in [5.41, 5.74) is -1.00. The Morgan fingerprint density at radius 3 is 2.59 bits per heavy atom. The van der Waals surface area contributed by atoms with Crippen LogP contribution in [-0.2, 0) is 11.3 Å². The number of hydrogen-bond acceptors (Lipinski definition) is 5. The molecule has 1 heterocycles. The predicted octanol–water partition coefficient (Wildman–Crippen LogP) is 1.95. The largest absolute Gasteiger partial charge is 0.480 e. The van der Waals surface area contributed by atoms with Gasteiger partial charge in [-0.05, 0) is 27.0 Å². The third-order valence-electron chi connectivity index (χ3n) is 2.70. The molecule has 7 heteroatoms. The van der Waals surface area contributed by atoms with Gasteiger partial charge < -0.3 is 5.11 Å². The minimum atomic E-state index is -1.00. The maximum Gasteiger partial charge on any atom is 0.324 e. The van der Waals surface area contributed by atoms with Crippen LogP contribution in [0.3, 0.4) is 0 Å². The van der Waals surface area contributed by atoms with Gasteiger partial charge in [-0.2, -0.15) is 0 Å². The van der Waals surface area contributed by atoms with Gasteiger partial charge in [-0.1, -0.05) is 11.3 Å². The zero-order valence-electron chi connectivity index (χ0n) is 9.84. The minimum Gasteiger partial charge on any atom is -0.480 e. The number of rotatable bonds is 5. The van der Waals surface area contributed by atoms with Crippen LogP contribution >= 0.6 is 11.3 Å². The molecule has 0 amide bonds. The Labute approximate surface area is 103 Å². The first kappa shape index (κ1) is 13.6. The zero-order valence-corrected chi connectivity index (χ0v) is 10.7. The maximum absolute atomic E-state index is 11.0. The van der Waals surface area contributed by atoms with Gasteiger partial charge in [-0.25, -0.2) is 0 Å². The number of likely N-dealkylation sites (N-methyl/N-ethyl adjacent to an activating group) is 1. The second-order valence-corrected chi connectivity index (χ2v) is 5.36. The zero-order chi connectivity index (χ0) is 13.2. The van der Waals surface area contributed by atoms with Gasteiger partial charge in [0.25, 0.3) is 0 Å². The fourth-order valence-electron chi connectivity index (χ4n) is 1.14. The summed E-state index contributed by atoms with van der Waals surface area (Å²) in [7, 11) is 1.68. The molecule has 0 radical (unpaired) electrons. The van der Waals surface area contributed by atoms with E-state index in [4.69, 9.17) is 5.11 Å². The number of hydrogen-bond donors (Lipinski definition) is 1. The van der Waals surface area contributed by atoms with Gasteiger partial charge in [0.1, 0.15) is 5.54 Å². The summed E-state index contributed by atoms with van der Waals surface area (Å²) in [6, 6.07) is 3.08. The van der Waals surface area contributed by atoms with Crippen LogP contribution in [-0.4, -0.2) is 33.5 Å². The monoisotopic (exact) mass is 258 g/mol. The van der Waals surface area contributed by atoms with Crippen molar-refractivity contribution in [3.05, 3.63) is 27.1 Å². The van der Waals surface area contributed by atoms with Crippen molar-refractivity contribution in [2.24, 2.45) is 0 Å². The highest BCUT2D eigenvalue weighted by atomic mass is 32.1. The number of aliphatic carboxylic acids is 1. The number of carbonyl (C=O) groups is 1. The van der Waals surface area contributed by atoms with E-state index in [1.54, 1.807) is 31.9 Å². The number of carboxylic acids is 1. The van der Waals surface area contributed by atoms with Gasteiger partial charge in [0.05, 0.1) is 4.92 Å². The number of carboxylic acid groups (broad SMARTS) is 1. The maximum atomic E-state index is 11.0. The Bertz CT molecular complexity index is 441. The Kier molecular flexibility index (Phi) is 3.84. The fraction of sp³-hybridized carbons (Fsp3) is 0.500. The molecule has 1 rings (SSSR count). The van der Waals surface area contributed by atoms with Crippen LogP contribution in [0, 0.1) is 10.1 Å². The highest BCUT2D eigenvalue weighted by molar-refractivity contribution is 7.15. The van der Waals surface area contributed by atoms with Crippen LogP contribution in [0.2, 0.25) is 0 Å². The molecule has 6 nitrogen and oxygen atoms in total. The number of thiophene rings is 1. The van der Waals surface area contributed by atoms with Crippen molar-refractivity contribution in [3.8, 4) is 0 Å². The first-order valence-corrected chi connectivity index (χ1v) is 5.74. The van der Waals surface area contributed by atoms with Crippen LogP contribution in [0.15, 0.2) is 12.1 Å². The minimum absolute atomic E-state index is 0.0709. The van der Waals surface area contributed by atoms with Crippen LogP contribution in [0.25, 0.3) is 0 Å². The first-order chi connectivity index (χ1) is 7.75. The molecule has 0 bridgehead atoms. The first-order valence-electron chi connectivity index (χ1n) is 4.93. The van der Waals surface area contributed by atoms with Crippen molar-refractivity contribution >= 4 is 22.3 Å². The lowest BCUT2D eigenvalue weighted by Crippen LogP contribution is -2.47. The van der Waals surface area contributed by atoms with Gasteiger partial charge >= 0.3 is 11.0 Å². The lowest BCUT2D eigenvalue weighted by Gasteiger charge is -2.30. The molecule has 17 heavy (non-hydrogen) atoms. The predicted molar refractivity (Wildman–Crippen MR) is 64.2 cm³/mol. The van der Waals surface area contributed by atoms with Crippen LogP contribution < -0.4 is 0 Å². The molecule has 1 aromatic rings. The SMILES string of the molecule is CN(Cc1ccc([N+](=O)[O-])s1)C(C)(C)C(=O)O. The Morgan fingerprint density at radius 1 is 1.59 bits per heavy atom. The van der Waals surface area contributed by atoms with Crippen molar-refractivity contribution < 1.29 is 14.8 Å². The molecule has 1 N–H and O–H groups in total. The molecular weight excluding hydrogens is 244 g/mol. The highest BCUT2D eigenvalue weighted by Gasteiger charge is 2.32. The highest BCUT2D eigenvalue weighted by Crippen LogP contribution is 2.26. The molecule has 0 spiro atoms. The van der Waals surface area contributed by atoms with E-state index in [2.05, 4.69) is 0 Å². The Balaban J connectivity index is 2.77. The van der Waals surface area contributed by atoms with E-state index in [9.17, 15) is 14.9 Å². The third-order valence-corrected chi connectivity index (χ3v) is 3.72. The normalized spacial score (nSPS) is 11.8. The van der Waals surface area contributed by atoms with Crippen molar-refractivity contribution in [2.75, 3.05) is 7.05 Å². The van der Waals surface area contributed by atoms with Gasteiger partial charge in [-0.3, -0.25) is 19.8 Å². The summed E-state index contributed by atoms with van der Waals surface area (Å²) >= 11 is 1.06. The van der Waals surface area contributed by atoms with Gasteiger partial charge in [-0.15, -0.1) is 0 Å². The van der Waals surface area contributed by atoms with Crippen molar-refractivity contribution in [3.63, 3.8) is 0 Å². The fourth-order valence-corrected chi connectivity index (χ4v) is 2.02. The van der Waals surface area contributed by atoms with Crippen LogP contribution in [0.1, 0.15) is 18.7 Å². The van der Waals surface area contributed by atoms with E-state index in [0.29, 0.717) is 6.54 Å². The molecule has 0 aliphatic rings. The van der Waals surface area contributed by atoms with Crippen LogP contribution in [0.5, 0.6) is 0 Å². The van der Waals surface area contributed by atoms with Crippen LogP contribution in [0.4, 0.5) is 5.00 Å². The second-order valence-electron chi connectivity index (χ2n) is 4.22. The molecular formula is C10H14N2O4S. The number of nitrogens with zero attached hydrogens (tertiary/aromatic N) is 2. The second kappa shape index (κ2) is 4.80. The molecule has 94 valence electrons. The molecule has 0 aromatic carbocycles. The van der Waals surface area contributed by atoms with Crippen molar-refractivity contribution in [1.82, 2.24) is 4.90 Å². The molecule has 0 saturated carbocycles. The molecule has 0 saturated heterocycles. The molecule has 0 unspecified atom stereocenters. The van der Waals surface area contributed by atoms with Gasteiger partial charge in [0, 0.05) is 17.5 Å². The van der Waals surface area contributed by atoms with Gasteiger partial charge in [0.15, 0.2) is 0 Å². The smallest absolute Gasteiger partial charge is 0.324 e. The summed E-state index contributed by atoms with van der Waals surface area (Å²) in [6.45, 7) is 3.56. The number of nitro groups is 1. The summed E-state index contributed by atoms with van der Waals surface area (Å²) in [6.07, 6.45) is 0. The standard InChI is InChI=1S/C10H14N2O4S/c1-10(2,9(13)14)11(3)6-7-4-5-8(17-7)12(15)16/h4-5H,6H2,1-3H3,(H,13,14). The van der Waals surface area contributed by atoms with Gasteiger partial charge in [0.2, 0.25) is 0 Å². The molecule has 0 atom stereocenters. The average molecular weight is 258 g/mol. The summed E-state index contributed by atoms with van der Waals surface area (Å²) in [5, 5.41) is 19.6. The van der Waals surface area contributed by atoms with Crippen molar-refractivity contribution in [1.29, 1.82) is 0 Å². The third kappa shape index (κ3) is 3.01. The summed E-state index contributed by atoms with van der Waals surface area (Å²) in [4.78, 5) is 23.5.